The maximum Gasteiger partial charge on any atom is 0.185 e. The van der Waals surface area contributed by atoms with Crippen LogP contribution in [-0.4, -0.2) is 19.8 Å². The highest BCUT2D eigenvalue weighted by atomic mass is 35.5. The Hall–Kier alpha value is -2.97. The second kappa shape index (κ2) is 5.34. The molecule has 0 spiro atoms. The molecule has 0 saturated heterocycles. The molecule has 0 aliphatic heterocycles. The van der Waals surface area contributed by atoms with Crippen molar-refractivity contribution in [3.8, 4) is 17.3 Å². The van der Waals surface area contributed by atoms with Crippen LogP contribution in [0.25, 0.3) is 27.7 Å². The van der Waals surface area contributed by atoms with Crippen molar-refractivity contribution in [1.82, 2.24) is 19.8 Å². The van der Waals surface area contributed by atoms with Gasteiger partial charge in [-0.3, -0.25) is 0 Å². The third kappa shape index (κ3) is 2.20. The lowest BCUT2D eigenvalue weighted by Gasteiger charge is -2.08. The van der Waals surface area contributed by atoms with Crippen LogP contribution < -0.4 is 0 Å². The van der Waals surface area contributed by atoms with E-state index in [1.165, 1.54) is 0 Å². The van der Waals surface area contributed by atoms with Crippen LogP contribution in [0.5, 0.6) is 0 Å². The maximum atomic E-state index is 8.95. The van der Waals surface area contributed by atoms with Crippen molar-refractivity contribution in [3.63, 3.8) is 0 Å². The number of benzene rings is 2. The number of fused-ring (bicyclic) bond motifs is 3. The van der Waals surface area contributed by atoms with Crippen LogP contribution in [0.15, 0.2) is 48.5 Å². The van der Waals surface area contributed by atoms with Crippen LogP contribution in [0.1, 0.15) is 5.82 Å². The second-order valence-electron chi connectivity index (χ2n) is 5.09. The van der Waals surface area contributed by atoms with Gasteiger partial charge >= 0.3 is 0 Å². The monoisotopic (exact) mass is 319 g/mol. The van der Waals surface area contributed by atoms with E-state index >= 15 is 0 Å². The topological polar surface area (TPSA) is 66.9 Å². The lowest BCUT2D eigenvalue weighted by atomic mass is 10.1. The Kier molecular flexibility index (Phi) is 3.18. The van der Waals surface area contributed by atoms with E-state index in [1.807, 2.05) is 48.5 Å². The molecule has 0 N–H and O–H groups in total. The number of hydrogen-bond acceptors (Lipinski definition) is 4. The van der Waals surface area contributed by atoms with E-state index in [2.05, 4.69) is 21.4 Å². The molecule has 0 radical (unpaired) electrons. The van der Waals surface area contributed by atoms with E-state index in [-0.39, 0.29) is 6.42 Å². The molecule has 23 heavy (non-hydrogen) atoms. The van der Waals surface area contributed by atoms with E-state index in [9.17, 15) is 0 Å². The van der Waals surface area contributed by atoms with Gasteiger partial charge in [0, 0.05) is 21.4 Å². The molecule has 0 atom stereocenters. The molecular weight excluding hydrogens is 310 g/mol. The summed E-state index contributed by atoms with van der Waals surface area (Å²) in [5, 5.41) is 24.5. The molecule has 0 unspecified atom stereocenters. The van der Waals surface area contributed by atoms with Gasteiger partial charge in [-0.25, -0.2) is 0 Å². The molecule has 0 fully saturated rings. The third-order valence-electron chi connectivity index (χ3n) is 3.68. The quantitative estimate of drug-likeness (QED) is 0.565. The van der Waals surface area contributed by atoms with Crippen molar-refractivity contribution < 1.29 is 0 Å². The van der Waals surface area contributed by atoms with E-state index in [0.29, 0.717) is 16.5 Å². The van der Waals surface area contributed by atoms with Gasteiger partial charge in [-0.2, -0.15) is 14.9 Å². The molecule has 110 valence electrons. The van der Waals surface area contributed by atoms with Crippen LogP contribution in [0.3, 0.4) is 0 Å². The summed E-state index contributed by atoms with van der Waals surface area (Å²) in [5.74, 6) is 0.531. The Balaban J connectivity index is 2.10. The Morgan fingerprint density at radius 1 is 1.00 bits per heavy atom. The zero-order chi connectivity index (χ0) is 15.8. The van der Waals surface area contributed by atoms with Gasteiger partial charge in [-0.15, -0.1) is 10.2 Å². The Morgan fingerprint density at radius 2 is 1.74 bits per heavy atom. The standard InChI is InChI=1S/C17H10ClN5/c18-12-7-5-11(6-8-12)16-13-3-1-2-4-14(13)17-21-20-15(9-10-19)23(17)22-16/h1-8H,9H2. The highest BCUT2D eigenvalue weighted by Crippen LogP contribution is 2.29. The number of halogens is 1. The summed E-state index contributed by atoms with van der Waals surface area (Å²) in [4.78, 5) is 0. The summed E-state index contributed by atoms with van der Waals surface area (Å²) in [7, 11) is 0. The van der Waals surface area contributed by atoms with Crippen LogP contribution >= 0.6 is 11.6 Å². The van der Waals surface area contributed by atoms with Gasteiger partial charge in [0.15, 0.2) is 11.5 Å². The van der Waals surface area contributed by atoms with Gasteiger partial charge in [-0.05, 0) is 12.1 Å². The van der Waals surface area contributed by atoms with Crippen molar-refractivity contribution in [3.05, 3.63) is 59.4 Å². The number of rotatable bonds is 2. The molecule has 6 heteroatoms. The molecule has 5 nitrogen and oxygen atoms in total. The van der Waals surface area contributed by atoms with Gasteiger partial charge in [0.1, 0.15) is 0 Å². The maximum absolute atomic E-state index is 8.95. The number of nitrogens with zero attached hydrogens (tertiary/aromatic N) is 5. The average molecular weight is 320 g/mol. The predicted octanol–water partition coefficient (Wildman–Crippen LogP) is 3.66. The molecule has 2 aromatic heterocycles. The lowest BCUT2D eigenvalue weighted by molar-refractivity contribution is 0.858. The number of aromatic nitrogens is 4. The average Bonchev–Trinajstić information content (AvgIpc) is 2.99. The summed E-state index contributed by atoms with van der Waals surface area (Å²) >= 11 is 5.98. The fraction of sp³-hybridized carbons (Fsp3) is 0.0588. The molecule has 2 heterocycles. The molecule has 0 aliphatic rings. The summed E-state index contributed by atoms with van der Waals surface area (Å²) in [6.07, 6.45) is 0.159. The highest BCUT2D eigenvalue weighted by molar-refractivity contribution is 6.30. The first-order valence-electron chi connectivity index (χ1n) is 7.04. The fourth-order valence-electron chi connectivity index (χ4n) is 2.63. The number of hydrogen-bond donors (Lipinski definition) is 0. The van der Waals surface area contributed by atoms with Crippen molar-refractivity contribution in [1.29, 1.82) is 5.26 Å². The Bertz CT molecular complexity index is 1060. The van der Waals surface area contributed by atoms with E-state index in [1.54, 1.807) is 4.52 Å². The Morgan fingerprint density at radius 3 is 2.48 bits per heavy atom. The van der Waals surface area contributed by atoms with Gasteiger partial charge in [0.25, 0.3) is 0 Å². The summed E-state index contributed by atoms with van der Waals surface area (Å²) in [6, 6.07) is 17.5. The van der Waals surface area contributed by atoms with E-state index in [4.69, 9.17) is 16.9 Å². The largest absolute Gasteiger partial charge is 0.198 e. The molecular formula is C17H10ClN5. The van der Waals surface area contributed by atoms with Crippen LogP contribution in [0, 0.1) is 11.3 Å². The highest BCUT2D eigenvalue weighted by Gasteiger charge is 2.14. The first-order valence-corrected chi connectivity index (χ1v) is 7.41. The van der Waals surface area contributed by atoms with E-state index in [0.717, 1.165) is 22.0 Å². The summed E-state index contributed by atoms with van der Waals surface area (Å²) in [6.45, 7) is 0. The van der Waals surface area contributed by atoms with Crippen molar-refractivity contribution in [2.24, 2.45) is 0 Å². The first-order chi connectivity index (χ1) is 11.3. The lowest BCUT2D eigenvalue weighted by Crippen LogP contribution is -2.01. The van der Waals surface area contributed by atoms with Crippen molar-refractivity contribution >= 4 is 28.0 Å². The van der Waals surface area contributed by atoms with Crippen molar-refractivity contribution in [2.45, 2.75) is 6.42 Å². The molecule has 2 aromatic carbocycles. The van der Waals surface area contributed by atoms with Gasteiger partial charge < -0.3 is 0 Å². The summed E-state index contributed by atoms with van der Waals surface area (Å²) in [5.41, 5.74) is 2.41. The zero-order valence-electron chi connectivity index (χ0n) is 11.9. The third-order valence-corrected chi connectivity index (χ3v) is 3.94. The van der Waals surface area contributed by atoms with Crippen LogP contribution in [0.4, 0.5) is 0 Å². The van der Waals surface area contributed by atoms with Crippen LogP contribution in [0.2, 0.25) is 5.02 Å². The van der Waals surface area contributed by atoms with Crippen LogP contribution in [-0.2, 0) is 6.42 Å². The first kappa shape index (κ1) is 13.7. The van der Waals surface area contributed by atoms with Gasteiger partial charge in [0.2, 0.25) is 0 Å². The fourth-order valence-corrected chi connectivity index (χ4v) is 2.75. The van der Waals surface area contributed by atoms with Gasteiger partial charge in [-0.1, -0.05) is 48.0 Å². The Labute approximate surface area is 136 Å². The minimum atomic E-state index is 0.159. The summed E-state index contributed by atoms with van der Waals surface area (Å²) < 4.78 is 1.65. The zero-order valence-corrected chi connectivity index (χ0v) is 12.7. The smallest absolute Gasteiger partial charge is 0.185 e. The number of nitriles is 1. The second-order valence-corrected chi connectivity index (χ2v) is 5.52. The van der Waals surface area contributed by atoms with Gasteiger partial charge in [0.05, 0.1) is 18.2 Å². The molecule has 0 bridgehead atoms. The minimum Gasteiger partial charge on any atom is -0.198 e. The normalized spacial score (nSPS) is 11.0. The minimum absolute atomic E-state index is 0.159. The molecule has 0 aliphatic carbocycles. The molecule has 0 saturated carbocycles. The van der Waals surface area contributed by atoms with E-state index < -0.39 is 0 Å². The SMILES string of the molecule is N#CCc1nnc2c3ccccc3c(-c3ccc(Cl)cc3)nn12. The van der Waals surface area contributed by atoms with Crippen molar-refractivity contribution in [2.75, 3.05) is 0 Å². The predicted molar refractivity (Wildman–Crippen MR) is 88.1 cm³/mol. The molecule has 4 rings (SSSR count). The molecule has 4 aromatic rings. The molecule has 0 amide bonds.